The first-order valence-corrected chi connectivity index (χ1v) is 9.44. The lowest BCUT2D eigenvalue weighted by Crippen LogP contribution is -2.11. The van der Waals surface area contributed by atoms with Gasteiger partial charge in [0.1, 0.15) is 4.88 Å². The summed E-state index contributed by atoms with van der Waals surface area (Å²) in [4.78, 5) is 28.4. The number of carbonyl (C=O) groups excluding carboxylic acids is 1. The van der Waals surface area contributed by atoms with Crippen molar-refractivity contribution in [3.8, 4) is 0 Å². The van der Waals surface area contributed by atoms with Crippen molar-refractivity contribution in [2.24, 2.45) is 0 Å². The SMILES string of the molecule is Cc1nc(C2CCCC2)sc1C(=O)Nc1ccc(CCC(=O)O)cc1. The monoisotopic (exact) mass is 358 g/mol. The summed E-state index contributed by atoms with van der Waals surface area (Å²) >= 11 is 1.51. The van der Waals surface area contributed by atoms with E-state index >= 15 is 0 Å². The molecule has 0 atom stereocenters. The molecule has 132 valence electrons. The van der Waals surface area contributed by atoms with Crippen molar-refractivity contribution in [1.82, 2.24) is 4.98 Å². The topological polar surface area (TPSA) is 79.3 Å². The third-order valence-corrected chi connectivity index (χ3v) is 5.88. The highest BCUT2D eigenvalue weighted by molar-refractivity contribution is 7.14. The fourth-order valence-corrected chi connectivity index (χ4v) is 4.30. The Kier molecular flexibility index (Phi) is 5.48. The zero-order valence-corrected chi connectivity index (χ0v) is 15.1. The summed E-state index contributed by atoms with van der Waals surface area (Å²) in [6, 6.07) is 7.32. The number of carbonyl (C=O) groups is 2. The van der Waals surface area contributed by atoms with Crippen molar-refractivity contribution in [3.05, 3.63) is 45.4 Å². The van der Waals surface area contributed by atoms with Gasteiger partial charge in [-0.25, -0.2) is 4.98 Å². The number of carboxylic acid groups (broad SMARTS) is 1. The fraction of sp³-hybridized carbons (Fsp3) is 0.421. The number of carboxylic acids is 1. The number of anilines is 1. The minimum atomic E-state index is -0.809. The molecule has 0 unspecified atom stereocenters. The Bertz CT molecular complexity index is 761. The molecular formula is C19H22N2O3S. The summed E-state index contributed by atoms with van der Waals surface area (Å²) in [5, 5.41) is 12.7. The summed E-state index contributed by atoms with van der Waals surface area (Å²) in [7, 11) is 0. The number of amides is 1. The van der Waals surface area contributed by atoms with E-state index in [2.05, 4.69) is 10.3 Å². The van der Waals surface area contributed by atoms with Gasteiger partial charge in [-0.2, -0.15) is 0 Å². The van der Waals surface area contributed by atoms with Crippen LogP contribution in [0.2, 0.25) is 0 Å². The molecule has 6 heteroatoms. The lowest BCUT2D eigenvalue weighted by atomic mass is 10.1. The average molecular weight is 358 g/mol. The van der Waals surface area contributed by atoms with Gasteiger partial charge in [-0.3, -0.25) is 9.59 Å². The van der Waals surface area contributed by atoms with Gasteiger partial charge in [0.05, 0.1) is 10.7 Å². The van der Waals surface area contributed by atoms with Crippen LogP contribution < -0.4 is 5.32 Å². The van der Waals surface area contributed by atoms with Crippen molar-refractivity contribution >= 4 is 28.9 Å². The number of thiazole rings is 1. The Labute approximate surface area is 151 Å². The standard InChI is InChI=1S/C19H22N2O3S/c1-12-17(25-19(20-12)14-4-2-3-5-14)18(24)21-15-9-6-13(7-10-15)8-11-16(22)23/h6-7,9-10,14H,2-5,8,11H2,1H3,(H,21,24)(H,22,23). The maximum atomic E-state index is 12.5. The quantitative estimate of drug-likeness (QED) is 0.803. The smallest absolute Gasteiger partial charge is 0.303 e. The van der Waals surface area contributed by atoms with Crippen molar-refractivity contribution in [2.75, 3.05) is 5.32 Å². The number of hydrogen-bond acceptors (Lipinski definition) is 4. The lowest BCUT2D eigenvalue weighted by molar-refractivity contribution is -0.136. The zero-order valence-electron chi connectivity index (χ0n) is 14.2. The second-order valence-corrected chi connectivity index (χ2v) is 7.52. The van der Waals surface area contributed by atoms with Crippen LogP contribution in [0.15, 0.2) is 24.3 Å². The highest BCUT2D eigenvalue weighted by atomic mass is 32.1. The van der Waals surface area contributed by atoms with Crippen LogP contribution in [0.5, 0.6) is 0 Å². The van der Waals surface area contributed by atoms with E-state index in [0.717, 1.165) is 16.3 Å². The van der Waals surface area contributed by atoms with Crippen LogP contribution >= 0.6 is 11.3 Å². The Morgan fingerprint density at radius 2 is 1.92 bits per heavy atom. The highest BCUT2D eigenvalue weighted by Crippen LogP contribution is 2.37. The fourth-order valence-electron chi connectivity index (χ4n) is 3.17. The summed E-state index contributed by atoms with van der Waals surface area (Å²) in [6.07, 6.45) is 5.44. The molecule has 0 bridgehead atoms. The molecule has 0 aliphatic heterocycles. The molecule has 1 aromatic heterocycles. The number of rotatable bonds is 6. The molecule has 1 aliphatic rings. The summed E-state index contributed by atoms with van der Waals surface area (Å²) in [5.74, 6) is -0.424. The third kappa shape index (κ3) is 4.45. The second-order valence-electron chi connectivity index (χ2n) is 6.49. The van der Waals surface area contributed by atoms with Crippen molar-refractivity contribution in [1.29, 1.82) is 0 Å². The van der Waals surface area contributed by atoms with Crippen LogP contribution in [0.4, 0.5) is 5.69 Å². The van der Waals surface area contributed by atoms with Gasteiger partial charge in [-0.15, -0.1) is 11.3 Å². The number of nitrogens with zero attached hydrogens (tertiary/aromatic N) is 1. The van der Waals surface area contributed by atoms with Crippen molar-refractivity contribution in [3.63, 3.8) is 0 Å². The first-order valence-electron chi connectivity index (χ1n) is 8.62. The summed E-state index contributed by atoms with van der Waals surface area (Å²) in [6.45, 7) is 1.89. The molecule has 2 N–H and O–H groups in total. The first-order chi connectivity index (χ1) is 12.0. The number of hydrogen-bond donors (Lipinski definition) is 2. The number of aliphatic carboxylic acids is 1. The van der Waals surface area contributed by atoms with Gasteiger partial charge in [0.15, 0.2) is 0 Å². The van der Waals surface area contributed by atoms with Gasteiger partial charge in [0, 0.05) is 18.0 Å². The Hall–Kier alpha value is -2.21. The van der Waals surface area contributed by atoms with E-state index < -0.39 is 5.97 Å². The minimum Gasteiger partial charge on any atom is -0.481 e. The Morgan fingerprint density at radius 3 is 2.56 bits per heavy atom. The molecule has 2 aromatic rings. The predicted octanol–water partition coefficient (Wildman–Crippen LogP) is 4.38. The van der Waals surface area contributed by atoms with E-state index in [1.54, 1.807) is 0 Å². The molecule has 0 saturated heterocycles. The molecule has 0 radical (unpaired) electrons. The Morgan fingerprint density at radius 1 is 1.24 bits per heavy atom. The number of aromatic nitrogens is 1. The Balaban J connectivity index is 1.64. The molecule has 1 aromatic carbocycles. The van der Waals surface area contributed by atoms with Crippen LogP contribution in [-0.2, 0) is 11.2 Å². The third-order valence-electron chi connectivity index (χ3n) is 4.56. The number of aryl methyl sites for hydroxylation is 2. The average Bonchev–Trinajstić information content (AvgIpc) is 3.23. The number of benzene rings is 1. The highest BCUT2D eigenvalue weighted by Gasteiger charge is 2.23. The van der Waals surface area contributed by atoms with Gasteiger partial charge in [0.2, 0.25) is 0 Å². The number of nitrogens with one attached hydrogen (secondary N) is 1. The van der Waals surface area contributed by atoms with E-state index in [4.69, 9.17) is 5.11 Å². The van der Waals surface area contributed by atoms with Gasteiger partial charge in [-0.05, 0) is 43.9 Å². The van der Waals surface area contributed by atoms with Gasteiger partial charge >= 0.3 is 5.97 Å². The molecule has 1 aliphatic carbocycles. The van der Waals surface area contributed by atoms with E-state index in [1.165, 1.54) is 37.0 Å². The largest absolute Gasteiger partial charge is 0.481 e. The van der Waals surface area contributed by atoms with Crippen LogP contribution in [0.25, 0.3) is 0 Å². The van der Waals surface area contributed by atoms with E-state index in [0.29, 0.717) is 22.9 Å². The lowest BCUT2D eigenvalue weighted by Gasteiger charge is -2.05. The van der Waals surface area contributed by atoms with Crippen LogP contribution in [0, 0.1) is 6.92 Å². The van der Waals surface area contributed by atoms with E-state index in [9.17, 15) is 9.59 Å². The molecule has 3 rings (SSSR count). The van der Waals surface area contributed by atoms with Crippen molar-refractivity contribution in [2.45, 2.75) is 51.4 Å². The minimum absolute atomic E-state index is 0.107. The van der Waals surface area contributed by atoms with Gasteiger partial charge in [-0.1, -0.05) is 25.0 Å². The van der Waals surface area contributed by atoms with Crippen LogP contribution in [0.3, 0.4) is 0 Å². The van der Waals surface area contributed by atoms with Crippen molar-refractivity contribution < 1.29 is 14.7 Å². The molecule has 0 spiro atoms. The van der Waals surface area contributed by atoms with E-state index in [-0.39, 0.29) is 12.3 Å². The molecule has 25 heavy (non-hydrogen) atoms. The molecule has 1 saturated carbocycles. The van der Waals surface area contributed by atoms with Crippen LogP contribution in [-0.4, -0.2) is 22.0 Å². The summed E-state index contributed by atoms with van der Waals surface area (Å²) < 4.78 is 0. The summed E-state index contributed by atoms with van der Waals surface area (Å²) in [5.41, 5.74) is 2.44. The zero-order chi connectivity index (χ0) is 17.8. The van der Waals surface area contributed by atoms with Crippen LogP contribution in [0.1, 0.15) is 64.0 Å². The molecular weight excluding hydrogens is 336 g/mol. The van der Waals surface area contributed by atoms with Gasteiger partial charge in [0.25, 0.3) is 5.91 Å². The van der Waals surface area contributed by atoms with E-state index in [1.807, 2.05) is 31.2 Å². The maximum Gasteiger partial charge on any atom is 0.303 e. The second kappa shape index (κ2) is 7.78. The van der Waals surface area contributed by atoms with Gasteiger partial charge < -0.3 is 10.4 Å². The normalized spacial score (nSPS) is 14.6. The molecule has 1 amide bonds. The predicted molar refractivity (Wildman–Crippen MR) is 98.4 cm³/mol. The molecule has 1 fully saturated rings. The molecule has 1 heterocycles. The first kappa shape index (κ1) is 17.6. The molecule has 5 nitrogen and oxygen atoms in total. The maximum absolute atomic E-state index is 12.5.